The molecule has 5 heteroatoms. The SMILES string of the molecule is CCCNC(Cc1ncnn1CC)c1ccncc1C. The van der Waals surface area contributed by atoms with E-state index < -0.39 is 0 Å². The third-order valence-corrected chi connectivity index (χ3v) is 3.46. The van der Waals surface area contributed by atoms with Crippen LogP contribution in [0.4, 0.5) is 0 Å². The highest BCUT2D eigenvalue weighted by atomic mass is 15.3. The first-order chi connectivity index (χ1) is 9.76. The van der Waals surface area contributed by atoms with Crippen LogP contribution in [0, 0.1) is 6.92 Å². The van der Waals surface area contributed by atoms with Gasteiger partial charge in [-0.3, -0.25) is 9.67 Å². The van der Waals surface area contributed by atoms with E-state index in [9.17, 15) is 0 Å². The fourth-order valence-corrected chi connectivity index (χ4v) is 2.38. The molecule has 0 bridgehead atoms. The Morgan fingerprint density at radius 2 is 2.20 bits per heavy atom. The van der Waals surface area contributed by atoms with E-state index >= 15 is 0 Å². The lowest BCUT2D eigenvalue weighted by Gasteiger charge is -2.20. The maximum Gasteiger partial charge on any atom is 0.138 e. The maximum atomic E-state index is 4.39. The highest BCUT2D eigenvalue weighted by molar-refractivity contribution is 5.26. The van der Waals surface area contributed by atoms with Gasteiger partial charge in [0.2, 0.25) is 0 Å². The second-order valence-corrected chi connectivity index (χ2v) is 4.94. The van der Waals surface area contributed by atoms with Crippen LogP contribution in [-0.4, -0.2) is 26.3 Å². The van der Waals surface area contributed by atoms with E-state index in [2.05, 4.69) is 47.2 Å². The monoisotopic (exact) mass is 273 g/mol. The Morgan fingerprint density at radius 1 is 1.35 bits per heavy atom. The zero-order chi connectivity index (χ0) is 14.4. The fourth-order valence-electron chi connectivity index (χ4n) is 2.38. The Kier molecular flexibility index (Phi) is 5.24. The van der Waals surface area contributed by atoms with Crippen LogP contribution in [0.15, 0.2) is 24.8 Å². The van der Waals surface area contributed by atoms with Crippen LogP contribution in [-0.2, 0) is 13.0 Å². The first-order valence-corrected chi connectivity index (χ1v) is 7.26. The molecule has 1 atom stereocenters. The molecule has 2 rings (SSSR count). The van der Waals surface area contributed by atoms with Crippen molar-refractivity contribution in [3.63, 3.8) is 0 Å². The molecule has 2 aromatic rings. The summed E-state index contributed by atoms with van der Waals surface area (Å²) in [6.07, 6.45) is 7.36. The quantitative estimate of drug-likeness (QED) is 0.841. The van der Waals surface area contributed by atoms with Crippen molar-refractivity contribution in [3.05, 3.63) is 41.7 Å². The van der Waals surface area contributed by atoms with Crippen LogP contribution in [0.25, 0.3) is 0 Å². The topological polar surface area (TPSA) is 55.6 Å². The summed E-state index contributed by atoms with van der Waals surface area (Å²) in [5, 5.41) is 7.86. The van der Waals surface area contributed by atoms with Crippen molar-refractivity contribution < 1.29 is 0 Å². The van der Waals surface area contributed by atoms with Gasteiger partial charge in [-0.2, -0.15) is 5.10 Å². The van der Waals surface area contributed by atoms with Crippen LogP contribution >= 0.6 is 0 Å². The Morgan fingerprint density at radius 3 is 2.90 bits per heavy atom. The zero-order valence-corrected chi connectivity index (χ0v) is 12.5. The van der Waals surface area contributed by atoms with Gasteiger partial charge in [0.1, 0.15) is 12.2 Å². The number of rotatable bonds is 7. The lowest BCUT2D eigenvalue weighted by atomic mass is 10.00. The maximum absolute atomic E-state index is 4.39. The third kappa shape index (κ3) is 3.42. The minimum absolute atomic E-state index is 0.257. The van der Waals surface area contributed by atoms with Gasteiger partial charge >= 0.3 is 0 Å². The van der Waals surface area contributed by atoms with Crippen molar-refractivity contribution >= 4 is 0 Å². The van der Waals surface area contributed by atoms with E-state index in [-0.39, 0.29) is 6.04 Å². The summed E-state index contributed by atoms with van der Waals surface area (Å²) in [7, 11) is 0. The Hall–Kier alpha value is -1.75. The van der Waals surface area contributed by atoms with Crippen LogP contribution in [0.3, 0.4) is 0 Å². The van der Waals surface area contributed by atoms with Crippen molar-refractivity contribution in [2.75, 3.05) is 6.54 Å². The molecule has 0 aliphatic heterocycles. The predicted octanol–water partition coefficient (Wildman–Crippen LogP) is 2.28. The fraction of sp³-hybridized carbons (Fsp3) is 0.533. The molecule has 5 nitrogen and oxygen atoms in total. The smallest absolute Gasteiger partial charge is 0.138 e. The third-order valence-electron chi connectivity index (χ3n) is 3.46. The number of hydrogen-bond acceptors (Lipinski definition) is 4. The molecule has 2 heterocycles. The van der Waals surface area contributed by atoms with E-state index in [0.717, 1.165) is 31.8 Å². The second kappa shape index (κ2) is 7.14. The Labute approximate surface area is 120 Å². The molecule has 0 saturated heterocycles. The molecule has 0 spiro atoms. The number of nitrogens with one attached hydrogen (secondary N) is 1. The summed E-state index contributed by atoms with van der Waals surface area (Å²) in [4.78, 5) is 8.56. The molecule has 0 amide bonds. The predicted molar refractivity (Wildman–Crippen MR) is 79.4 cm³/mol. The van der Waals surface area contributed by atoms with Gasteiger partial charge in [-0.25, -0.2) is 4.98 Å². The number of nitrogens with zero attached hydrogens (tertiary/aromatic N) is 4. The summed E-state index contributed by atoms with van der Waals surface area (Å²) in [6.45, 7) is 8.22. The summed E-state index contributed by atoms with van der Waals surface area (Å²) in [5.41, 5.74) is 2.50. The highest BCUT2D eigenvalue weighted by Gasteiger charge is 2.16. The van der Waals surface area contributed by atoms with Crippen molar-refractivity contribution in [2.24, 2.45) is 0 Å². The lowest BCUT2D eigenvalue weighted by Crippen LogP contribution is -2.26. The van der Waals surface area contributed by atoms with Crippen LogP contribution < -0.4 is 5.32 Å². The van der Waals surface area contributed by atoms with Crippen LogP contribution in [0.2, 0.25) is 0 Å². The Bertz CT molecular complexity index is 535. The van der Waals surface area contributed by atoms with Gasteiger partial charge in [-0.15, -0.1) is 0 Å². The van der Waals surface area contributed by atoms with Crippen molar-refractivity contribution in [3.8, 4) is 0 Å². The van der Waals surface area contributed by atoms with Gasteiger partial charge < -0.3 is 5.32 Å². The van der Waals surface area contributed by atoms with Gasteiger partial charge in [0.25, 0.3) is 0 Å². The zero-order valence-electron chi connectivity index (χ0n) is 12.5. The standard InChI is InChI=1S/C15H23N5/c1-4-7-17-14(13-6-8-16-10-12(13)3)9-15-18-11-19-20(15)5-2/h6,8,10-11,14,17H,4-5,7,9H2,1-3H3. The molecule has 108 valence electrons. The number of aromatic nitrogens is 4. The average Bonchev–Trinajstić information content (AvgIpc) is 2.91. The van der Waals surface area contributed by atoms with E-state index in [1.165, 1.54) is 11.1 Å². The summed E-state index contributed by atoms with van der Waals surface area (Å²) >= 11 is 0. The summed E-state index contributed by atoms with van der Waals surface area (Å²) < 4.78 is 1.96. The normalized spacial score (nSPS) is 12.6. The molecule has 0 aliphatic carbocycles. The Balaban J connectivity index is 2.22. The summed E-state index contributed by atoms with van der Waals surface area (Å²) in [6, 6.07) is 2.35. The molecule has 1 unspecified atom stereocenters. The number of aryl methyl sites for hydroxylation is 2. The molecule has 0 saturated carbocycles. The van der Waals surface area contributed by atoms with E-state index in [4.69, 9.17) is 0 Å². The van der Waals surface area contributed by atoms with Crippen molar-refractivity contribution in [1.29, 1.82) is 0 Å². The van der Waals surface area contributed by atoms with Gasteiger partial charge in [-0.05, 0) is 44.0 Å². The number of pyridine rings is 1. The minimum Gasteiger partial charge on any atom is -0.310 e. The summed E-state index contributed by atoms with van der Waals surface area (Å²) in [5.74, 6) is 1.03. The molecule has 0 aromatic carbocycles. The lowest BCUT2D eigenvalue weighted by molar-refractivity contribution is 0.495. The largest absolute Gasteiger partial charge is 0.310 e. The molecule has 0 fully saturated rings. The second-order valence-electron chi connectivity index (χ2n) is 4.94. The molecular formula is C15H23N5. The van der Waals surface area contributed by atoms with Crippen LogP contribution in [0.1, 0.15) is 43.3 Å². The first-order valence-electron chi connectivity index (χ1n) is 7.26. The molecule has 0 radical (unpaired) electrons. The molecule has 0 aliphatic rings. The minimum atomic E-state index is 0.257. The molecule has 2 aromatic heterocycles. The van der Waals surface area contributed by atoms with Gasteiger partial charge in [0.05, 0.1) is 0 Å². The molecular weight excluding hydrogens is 250 g/mol. The molecule has 20 heavy (non-hydrogen) atoms. The van der Waals surface area contributed by atoms with E-state index in [0.29, 0.717) is 0 Å². The molecule has 1 N–H and O–H groups in total. The first kappa shape index (κ1) is 14.7. The van der Waals surface area contributed by atoms with Crippen LogP contribution in [0.5, 0.6) is 0 Å². The van der Waals surface area contributed by atoms with E-state index in [1.807, 2.05) is 17.1 Å². The van der Waals surface area contributed by atoms with Crippen molar-refractivity contribution in [2.45, 2.75) is 46.2 Å². The van der Waals surface area contributed by atoms with Gasteiger partial charge in [-0.1, -0.05) is 6.92 Å². The van der Waals surface area contributed by atoms with Gasteiger partial charge in [0, 0.05) is 31.4 Å². The van der Waals surface area contributed by atoms with Gasteiger partial charge in [0.15, 0.2) is 0 Å². The van der Waals surface area contributed by atoms with E-state index in [1.54, 1.807) is 6.33 Å². The van der Waals surface area contributed by atoms with Crippen molar-refractivity contribution in [1.82, 2.24) is 25.1 Å². The highest BCUT2D eigenvalue weighted by Crippen LogP contribution is 2.20. The average molecular weight is 273 g/mol. The number of hydrogen-bond donors (Lipinski definition) is 1.